The number of aryl methyl sites for hydroxylation is 1. The Morgan fingerprint density at radius 1 is 1.44 bits per heavy atom. The van der Waals surface area contributed by atoms with E-state index in [0.717, 1.165) is 18.7 Å². The molecule has 1 fully saturated rings. The zero-order chi connectivity index (χ0) is 17.6. The van der Waals surface area contributed by atoms with Crippen LogP contribution in [0.4, 0.5) is 5.69 Å². The molecule has 0 saturated carbocycles. The molecule has 1 aromatic carbocycles. The summed E-state index contributed by atoms with van der Waals surface area (Å²) in [7, 11) is 1.59. The number of ether oxygens (including phenoxy) is 1. The van der Waals surface area contributed by atoms with Crippen molar-refractivity contribution in [1.82, 2.24) is 14.9 Å². The highest BCUT2D eigenvalue weighted by Crippen LogP contribution is 2.27. The first-order chi connectivity index (χ1) is 12.2. The van der Waals surface area contributed by atoms with Gasteiger partial charge in [-0.1, -0.05) is 6.07 Å². The monoisotopic (exact) mass is 342 g/mol. The third-order valence-electron chi connectivity index (χ3n) is 4.31. The second kappa shape index (κ2) is 7.83. The topological polar surface area (TPSA) is 76.5 Å². The van der Waals surface area contributed by atoms with E-state index in [-0.39, 0.29) is 24.2 Å². The molecule has 25 heavy (non-hydrogen) atoms. The number of hydrogen-bond donors (Lipinski definition) is 1. The largest absolute Gasteiger partial charge is 0.497 e. The van der Waals surface area contributed by atoms with E-state index in [9.17, 15) is 9.59 Å². The molecule has 132 valence electrons. The van der Waals surface area contributed by atoms with Crippen molar-refractivity contribution >= 4 is 17.5 Å². The molecule has 2 aromatic rings. The molecule has 1 aliphatic heterocycles. The summed E-state index contributed by atoms with van der Waals surface area (Å²) in [6.07, 6.45) is 6.44. The summed E-state index contributed by atoms with van der Waals surface area (Å²) in [6, 6.07) is 7.33. The smallest absolute Gasteiger partial charge is 0.227 e. The van der Waals surface area contributed by atoms with Crippen molar-refractivity contribution < 1.29 is 14.3 Å². The van der Waals surface area contributed by atoms with Gasteiger partial charge in [-0.15, -0.1) is 0 Å². The van der Waals surface area contributed by atoms with Gasteiger partial charge in [-0.25, -0.2) is 4.98 Å². The minimum absolute atomic E-state index is 0.0354. The summed E-state index contributed by atoms with van der Waals surface area (Å²) in [5.74, 6) is 0.279. The normalized spacial score (nSPS) is 16.9. The molecule has 7 nitrogen and oxygen atoms in total. The zero-order valence-electron chi connectivity index (χ0n) is 14.2. The van der Waals surface area contributed by atoms with Crippen molar-refractivity contribution in [3.05, 3.63) is 43.0 Å². The predicted octanol–water partition coefficient (Wildman–Crippen LogP) is 1.45. The number of carbonyl (C=O) groups excluding carboxylic acids is 2. The molecule has 0 aliphatic carbocycles. The molecular formula is C18H22N4O3. The lowest BCUT2D eigenvalue weighted by Gasteiger charge is -2.17. The second-order valence-electron chi connectivity index (χ2n) is 6.05. The second-order valence-corrected chi connectivity index (χ2v) is 6.05. The van der Waals surface area contributed by atoms with Crippen LogP contribution in [0, 0.1) is 5.92 Å². The lowest BCUT2D eigenvalue weighted by Crippen LogP contribution is -2.33. The molecule has 3 rings (SSSR count). The number of hydrogen-bond acceptors (Lipinski definition) is 4. The number of amides is 2. The van der Waals surface area contributed by atoms with Gasteiger partial charge in [-0.3, -0.25) is 9.59 Å². The van der Waals surface area contributed by atoms with Crippen molar-refractivity contribution in [2.75, 3.05) is 25.1 Å². The molecule has 1 aromatic heterocycles. The lowest BCUT2D eigenvalue weighted by atomic mass is 10.1. The van der Waals surface area contributed by atoms with E-state index in [4.69, 9.17) is 4.74 Å². The van der Waals surface area contributed by atoms with Gasteiger partial charge in [0.15, 0.2) is 0 Å². The number of methoxy groups -OCH3 is 1. The van der Waals surface area contributed by atoms with Gasteiger partial charge in [0, 0.05) is 50.2 Å². The highest BCUT2D eigenvalue weighted by molar-refractivity contribution is 6.00. The van der Waals surface area contributed by atoms with Crippen LogP contribution >= 0.6 is 0 Å². The number of imidazole rings is 1. The quantitative estimate of drug-likeness (QED) is 0.773. The van der Waals surface area contributed by atoms with Gasteiger partial charge in [-0.2, -0.15) is 0 Å². The van der Waals surface area contributed by atoms with Crippen molar-refractivity contribution in [2.24, 2.45) is 5.92 Å². The summed E-state index contributed by atoms with van der Waals surface area (Å²) in [4.78, 5) is 30.2. The summed E-state index contributed by atoms with van der Waals surface area (Å²) >= 11 is 0. The predicted molar refractivity (Wildman–Crippen MR) is 93.3 cm³/mol. The third kappa shape index (κ3) is 4.17. The van der Waals surface area contributed by atoms with Crippen LogP contribution < -0.4 is 15.0 Å². The Balaban J connectivity index is 1.50. The summed E-state index contributed by atoms with van der Waals surface area (Å²) in [5, 5.41) is 2.93. The van der Waals surface area contributed by atoms with Crippen LogP contribution in [0.2, 0.25) is 0 Å². The number of aromatic nitrogens is 2. The van der Waals surface area contributed by atoms with Crippen LogP contribution in [-0.4, -0.2) is 41.6 Å². The minimum Gasteiger partial charge on any atom is -0.497 e. The fourth-order valence-electron chi connectivity index (χ4n) is 2.95. The van der Waals surface area contributed by atoms with Crippen LogP contribution in [0.15, 0.2) is 43.0 Å². The number of nitrogens with zero attached hydrogens (tertiary/aromatic N) is 3. The SMILES string of the molecule is COc1cccc(N2C[C@H](C(=O)NCCCn3ccnc3)CC2=O)c1. The van der Waals surface area contributed by atoms with Crippen LogP contribution in [0.1, 0.15) is 12.8 Å². The molecule has 1 atom stereocenters. The average Bonchev–Trinajstić information content (AvgIpc) is 3.28. The van der Waals surface area contributed by atoms with E-state index >= 15 is 0 Å². The standard InChI is InChI=1S/C18H22N4O3/c1-25-16-5-2-4-15(11-16)22-12-14(10-17(22)23)18(24)20-6-3-8-21-9-7-19-13-21/h2,4-5,7,9,11,13-14H,3,6,8,10,12H2,1H3,(H,20,24)/t14-/m1/s1. The van der Waals surface area contributed by atoms with Gasteiger partial charge in [-0.05, 0) is 18.6 Å². The van der Waals surface area contributed by atoms with E-state index in [1.165, 1.54) is 0 Å². The van der Waals surface area contributed by atoms with Crippen molar-refractivity contribution in [2.45, 2.75) is 19.4 Å². The van der Waals surface area contributed by atoms with Crippen LogP contribution in [0.3, 0.4) is 0 Å². The summed E-state index contributed by atoms with van der Waals surface area (Å²) in [6.45, 7) is 1.79. The van der Waals surface area contributed by atoms with Gasteiger partial charge in [0.05, 0.1) is 19.4 Å². The van der Waals surface area contributed by atoms with E-state index in [1.54, 1.807) is 24.5 Å². The molecule has 1 N–H and O–H groups in total. The Hall–Kier alpha value is -2.83. The first kappa shape index (κ1) is 17.0. The Bertz CT molecular complexity index is 730. The Morgan fingerprint density at radius 3 is 3.08 bits per heavy atom. The number of rotatable bonds is 7. The van der Waals surface area contributed by atoms with Crippen molar-refractivity contribution in [3.63, 3.8) is 0 Å². The molecule has 1 saturated heterocycles. The molecule has 0 bridgehead atoms. The number of nitrogens with one attached hydrogen (secondary N) is 1. The number of carbonyl (C=O) groups is 2. The summed E-state index contributed by atoms with van der Waals surface area (Å²) < 4.78 is 7.16. The Labute approximate surface area is 146 Å². The summed E-state index contributed by atoms with van der Waals surface area (Å²) in [5.41, 5.74) is 0.764. The molecular weight excluding hydrogens is 320 g/mol. The molecule has 2 amide bonds. The van der Waals surface area contributed by atoms with Crippen LogP contribution in [0.5, 0.6) is 5.75 Å². The highest BCUT2D eigenvalue weighted by atomic mass is 16.5. The van der Waals surface area contributed by atoms with Gasteiger partial charge < -0.3 is 19.5 Å². The van der Waals surface area contributed by atoms with E-state index in [0.29, 0.717) is 18.8 Å². The molecule has 1 aliphatic rings. The van der Waals surface area contributed by atoms with E-state index in [1.807, 2.05) is 35.0 Å². The average molecular weight is 342 g/mol. The maximum Gasteiger partial charge on any atom is 0.227 e. The fraction of sp³-hybridized carbons (Fsp3) is 0.389. The number of anilines is 1. The van der Waals surface area contributed by atoms with Crippen LogP contribution in [-0.2, 0) is 16.1 Å². The number of benzene rings is 1. The first-order valence-electron chi connectivity index (χ1n) is 8.35. The lowest BCUT2D eigenvalue weighted by molar-refractivity contribution is -0.126. The molecule has 7 heteroatoms. The Morgan fingerprint density at radius 2 is 2.32 bits per heavy atom. The van der Waals surface area contributed by atoms with Gasteiger partial charge in [0.25, 0.3) is 0 Å². The van der Waals surface area contributed by atoms with Crippen molar-refractivity contribution in [1.29, 1.82) is 0 Å². The minimum atomic E-state index is -0.313. The maximum absolute atomic E-state index is 12.3. The molecule has 0 spiro atoms. The molecule has 0 unspecified atom stereocenters. The van der Waals surface area contributed by atoms with Crippen molar-refractivity contribution in [3.8, 4) is 5.75 Å². The van der Waals surface area contributed by atoms with E-state index in [2.05, 4.69) is 10.3 Å². The third-order valence-corrected chi connectivity index (χ3v) is 4.31. The highest BCUT2D eigenvalue weighted by Gasteiger charge is 2.35. The molecule has 0 radical (unpaired) electrons. The van der Waals surface area contributed by atoms with Gasteiger partial charge in [0.2, 0.25) is 11.8 Å². The first-order valence-corrected chi connectivity index (χ1v) is 8.35. The van der Waals surface area contributed by atoms with Crippen LogP contribution in [0.25, 0.3) is 0 Å². The zero-order valence-corrected chi connectivity index (χ0v) is 14.2. The Kier molecular flexibility index (Phi) is 5.33. The van der Waals surface area contributed by atoms with Gasteiger partial charge in [0.1, 0.15) is 5.75 Å². The fourth-order valence-corrected chi connectivity index (χ4v) is 2.95. The maximum atomic E-state index is 12.3. The molecule has 2 heterocycles. The van der Waals surface area contributed by atoms with E-state index < -0.39 is 0 Å². The van der Waals surface area contributed by atoms with Gasteiger partial charge >= 0.3 is 0 Å².